The number of hydrogen-bond acceptors (Lipinski definition) is 2. The zero-order valence-electron chi connectivity index (χ0n) is 10.6. The van der Waals surface area contributed by atoms with Crippen molar-refractivity contribution in [3.05, 3.63) is 29.8 Å². The monoisotopic (exact) mass is 216 g/mol. The Hall–Kier alpha value is -1.49. The van der Waals surface area contributed by atoms with Gasteiger partial charge in [0.1, 0.15) is 6.07 Å². The molecule has 0 fully saturated rings. The van der Waals surface area contributed by atoms with Gasteiger partial charge in [-0.25, -0.2) is 0 Å². The van der Waals surface area contributed by atoms with Gasteiger partial charge in [-0.1, -0.05) is 26.0 Å². The van der Waals surface area contributed by atoms with Crippen LogP contribution < -0.4 is 4.90 Å². The Morgan fingerprint density at radius 2 is 1.81 bits per heavy atom. The van der Waals surface area contributed by atoms with E-state index in [4.69, 9.17) is 5.26 Å². The van der Waals surface area contributed by atoms with Crippen LogP contribution in [0.5, 0.6) is 0 Å². The lowest BCUT2D eigenvalue weighted by atomic mass is 10.1. The summed E-state index contributed by atoms with van der Waals surface area (Å²) in [5.41, 5.74) is 1.81. The normalized spacial score (nSPS) is 10.6. The smallest absolute Gasteiger partial charge is 0.101 e. The van der Waals surface area contributed by atoms with Crippen molar-refractivity contribution in [3.8, 4) is 6.07 Å². The van der Waals surface area contributed by atoms with Gasteiger partial charge in [-0.2, -0.15) is 5.26 Å². The Bertz CT molecular complexity index is 375. The Kier molecular flexibility index (Phi) is 4.37. The van der Waals surface area contributed by atoms with E-state index in [1.807, 2.05) is 24.3 Å². The van der Waals surface area contributed by atoms with Gasteiger partial charge in [-0.15, -0.1) is 0 Å². The molecule has 0 N–H and O–H groups in total. The molecule has 1 aromatic carbocycles. The highest BCUT2D eigenvalue weighted by Crippen LogP contribution is 2.22. The molecule has 0 amide bonds. The van der Waals surface area contributed by atoms with E-state index in [2.05, 4.69) is 38.7 Å². The van der Waals surface area contributed by atoms with Gasteiger partial charge in [-0.3, -0.25) is 0 Å². The van der Waals surface area contributed by atoms with Gasteiger partial charge in [0.2, 0.25) is 0 Å². The predicted octanol–water partition coefficient (Wildman–Crippen LogP) is 3.43. The van der Waals surface area contributed by atoms with Crippen molar-refractivity contribution in [1.82, 2.24) is 0 Å². The average Bonchev–Trinajstić information content (AvgIpc) is 2.25. The van der Waals surface area contributed by atoms with Crippen molar-refractivity contribution in [2.24, 2.45) is 5.92 Å². The minimum atomic E-state index is 0.414. The van der Waals surface area contributed by atoms with Crippen molar-refractivity contribution >= 4 is 5.69 Å². The molecular weight excluding hydrogens is 196 g/mol. The molecule has 0 saturated heterocycles. The molecule has 0 bridgehead atoms. The van der Waals surface area contributed by atoms with Crippen molar-refractivity contribution in [2.75, 3.05) is 11.4 Å². The molecule has 0 atom stereocenters. The summed E-state index contributed by atoms with van der Waals surface area (Å²) < 4.78 is 0. The van der Waals surface area contributed by atoms with Gasteiger partial charge < -0.3 is 4.90 Å². The zero-order chi connectivity index (χ0) is 12.1. The maximum atomic E-state index is 9.11. The second kappa shape index (κ2) is 5.55. The van der Waals surface area contributed by atoms with Crippen LogP contribution in [0.4, 0.5) is 5.69 Å². The summed E-state index contributed by atoms with van der Waals surface area (Å²) >= 11 is 0. The van der Waals surface area contributed by atoms with Crippen molar-refractivity contribution < 1.29 is 0 Å². The predicted molar refractivity (Wildman–Crippen MR) is 68.5 cm³/mol. The maximum Gasteiger partial charge on any atom is 0.101 e. The first-order valence-electron chi connectivity index (χ1n) is 5.82. The lowest BCUT2D eigenvalue weighted by molar-refractivity contribution is 0.570. The Balaban J connectivity index is 3.06. The second-order valence-corrected chi connectivity index (χ2v) is 4.77. The molecule has 0 unspecified atom stereocenters. The largest absolute Gasteiger partial charge is 0.368 e. The molecule has 0 spiro atoms. The van der Waals surface area contributed by atoms with Crippen LogP contribution in [0.15, 0.2) is 24.3 Å². The molecule has 2 heteroatoms. The summed E-state index contributed by atoms with van der Waals surface area (Å²) in [6, 6.07) is 10.5. The fraction of sp³-hybridized carbons (Fsp3) is 0.500. The molecule has 0 aliphatic heterocycles. The highest BCUT2D eigenvalue weighted by molar-refractivity contribution is 5.59. The molecule has 16 heavy (non-hydrogen) atoms. The number of nitriles is 1. The van der Waals surface area contributed by atoms with Crippen LogP contribution in [-0.4, -0.2) is 12.6 Å². The molecular formula is C14H20N2. The van der Waals surface area contributed by atoms with Crippen molar-refractivity contribution in [2.45, 2.75) is 33.7 Å². The first-order chi connectivity index (χ1) is 7.56. The summed E-state index contributed by atoms with van der Waals surface area (Å²) in [4.78, 5) is 2.29. The van der Waals surface area contributed by atoms with E-state index in [1.54, 1.807) is 0 Å². The first-order valence-corrected chi connectivity index (χ1v) is 5.82. The van der Waals surface area contributed by atoms with Crippen molar-refractivity contribution in [1.29, 1.82) is 5.26 Å². The van der Waals surface area contributed by atoms with E-state index in [1.165, 1.54) is 0 Å². The minimum absolute atomic E-state index is 0.414. The van der Waals surface area contributed by atoms with Gasteiger partial charge >= 0.3 is 0 Å². The maximum absolute atomic E-state index is 9.11. The van der Waals surface area contributed by atoms with Crippen LogP contribution >= 0.6 is 0 Å². The number of hydrogen-bond donors (Lipinski definition) is 0. The van der Waals surface area contributed by atoms with Gasteiger partial charge in [0.15, 0.2) is 0 Å². The van der Waals surface area contributed by atoms with Crippen molar-refractivity contribution in [3.63, 3.8) is 0 Å². The lowest BCUT2D eigenvalue weighted by Crippen LogP contribution is -2.34. The number of nitrogens with zero attached hydrogens (tertiary/aromatic N) is 2. The third-order valence-electron chi connectivity index (χ3n) is 2.52. The van der Waals surface area contributed by atoms with Crippen LogP contribution in [0.1, 0.15) is 33.3 Å². The summed E-state index contributed by atoms with van der Waals surface area (Å²) in [7, 11) is 0. The van der Waals surface area contributed by atoms with Gasteiger partial charge in [-0.05, 0) is 31.9 Å². The molecule has 1 aromatic rings. The van der Waals surface area contributed by atoms with E-state index in [0.29, 0.717) is 12.0 Å². The molecule has 0 aromatic heterocycles. The van der Waals surface area contributed by atoms with E-state index in [9.17, 15) is 0 Å². The molecule has 0 saturated carbocycles. The Morgan fingerprint density at radius 3 is 2.31 bits per heavy atom. The van der Waals surface area contributed by atoms with E-state index < -0.39 is 0 Å². The molecule has 0 heterocycles. The number of anilines is 1. The number of benzene rings is 1. The van der Waals surface area contributed by atoms with Gasteiger partial charge in [0, 0.05) is 12.6 Å². The lowest BCUT2D eigenvalue weighted by Gasteiger charge is -2.31. The SMILES string of the molecule is CC(C)CN(c1ccccc1C#N)C(C)C. The highest BCUT2D eigenvalue weighted by atomic mass is 15.2. The summed E-state index contributed by atoms with van der Waals surface area (Å²) in [6.45, 7) is 9.71. The van der Waals surface area contributed by atoms with Crippen LogP contribution in [0.25, 0.3) is 0 Å². The number of rotatable bonds is 4. The quantitative estimate of drug-likeness (QED) is 0.771. The summed E-state index contributed by atoms with van der Waals surface area (Å²) in [5.74, 6) is 0.592. The second-order valence-electron chi connectivity index (χ2n) is 4.77. The molecule has 86 valence electrons. The van der Waals surface area contributed by atoms with Crippen LogP contribution in [-0.2, 0) is 0 Å². The topological polar surface area (TPSA) is 27.0 Å². The summed E-state index contributed by atoms with van der Waals surface area (Å²) in [5, 5.41) is 9.11. The highest BCUT2D eigenvalue weighted by Gasteiger charge is 2.14. The molecule has 0 aliphatic rings. The first kappa shape index (κ1) is 12.6. The van der Waals surface area contributed by atoms with E-state index in [-0.39, 0.29) is 0 Å². The molecule has 0 aliphatic carbocycles. The third kappa shape index (κ3) is 3.00. The van der Waals surface area contributed by atoms with Crippen LogP contribution in [0, 0.1) is 17.2 Å². The van der Waals surface area contributed by atoms with Crippen LogP contribution in [0.3, 0.4) is 0 Å². The average molecular weight is 216 g/mol. The summed E-state index contributed by atoms with van der Waals surface area (Å²) in [6.07, 6.45) is 0. The molecule has 1 rings (SSSR count). The van der Waals surface area contributed by atoms with E-state index >= 15 is 0 Å². The Morgan fingerprint density at radius 1 is 1.19 bits per heavy atom. The third-order valence-corrected chi connectivity index (χ3v) is 2.52. The Labute approximate surface area is 98.5 Å². The fourth-order valence-electron chi connectivity index (χ4n) is 1.80. The van der Waals surface area contributed by atoms with Crippen LogP contribution in [0.2, 0.25) is 0 Å². The molecule has 2 nitrogen and oxygen atoms in total. The minimum Gasteiger partial charge on any atom is -0.368 e. The zero-order valence-corrected chi connectivity index (χ0v) is 10.6. The van der Waals surface area contributed by atoms with Gasteiger partial charge in [0.05, 0.1) is 11.3 Å². The molecule has 0 radical (unpaired) electrons. The van der Waals surface area contributed by atoms with E-state index in [0.717, 1.165) is 17.8 Å². The number of para-hydroxylation sites is 1. The standard InChI is InChI=1S/C14H20N2/c1-11(2)10-16(12(3)4)14-8-6-5-7-13(14)9-15/h5-8,11-12H,10H2,1-4H3. The fourth-order valence-corrected chi connectivity index (χ4v) is 1.80. The van der Waals surface area contributed by atoms with Gasteiger partial charge in [0.25, 0.3) is 0 Å².